The topological polar surface area (TPSA) is 68.4 Å². The van der Waals surface area contributed by atoms with E-state index in [1.165, 1.54) is 36.7 Å². The van der Waals surface area contributed by atoms with E-state index in [1.54, 1.807) is 12.1 Å². The summed E-state index contributed by atoms with van der Waals surface area (Å²) < 4.78 is 86.3. The van der Waals surface area contributed by atoms with Crippen LogP contribution < -0.4 is 4.74 Å². The molecule has 0 aliphatic heterocycles. The Bertz CT molecular complexity index is 1270. The average Bonchev–Trinajstić information content (AvgIpc) is 3.23. The Morgan fingerprint density at radius 1 is 0.882 bits per heavy atom. The van der Waals surface area contributed by atoms with Crippen molar-refractivity contribution in [3.05, 3.63) is 89.7 Å². The lowest BCUT2D eigenvalue weighted by molar-refractivity contribution is -0.274. The van der Waals surface area contributed by atoms with Crippen LogP contribution in [0.2, 0.25) is 0 Å². The number of nitrogens with zero attached hydrogens (tertiary/aromatic N) is 2. The summed E-state index contributed by atoms with van der Waals surface area (Å²) >= 11 is 0. The van der Waals surface area contributed by atoms with Gasteiger partial charge in [0.15, 0.2) is 5.76 Å². The molecule has 0 amide bonds. The number of benzene rings is 2. The minimum atomic E-state index is -4.88. The lowest BCUT2D eigenvalue weighted by Gasteiger charge is -2.14. The fourth-order valence-electron chi connectivity index (χ4n) is 3.32. The fourth-order valence-corrected chi connectivity index (χ4v) is 3.32. The Labute approximate surface area is 188 Å². The zero-order valence-electron chi connectivity index (χ0n) is 16.9. The van der Waals surface area contributed by atoms with Gasteiger partial charge in [-0.15, -0.1) is 13.2 Å². The van der Waals surface area contributed by atoms with Gasteiger partial charge in [0, 0.05) is 29.1 Å². The van der Waals surface area contributed by atoms with Gasteiger partial charge < -0.3 is 14.4 Å². The van der Waals surface area contributed by atoms with Crippen LogP contribution in [0.3, 0.4) is 0 Å². The van der Waals surface area contributed by atoms with Crippen molar-refractivity contribution in [3.63, 3.8) is 0 Å². The summed E-state index contributed by atoms with van der Waals surface area (Å²) in [6.45, 7) is 0. The first kappa shape index (κ1) is 23.3. The average molecular weight is 480 g/mol. The van der Waals surface area contributed by atoms with Gasteiger partial charge in [0.25, 0.3) is 0 Å². The molecule has 0 saturated heterocycles. The minimum absolute atomic E-state index is 0.00328. The maximum Gasteiger partial charge on any atom is 0.573 e. The van der Waals surface area contributed by atoms with Gasteiger partial charge in [-0.05, 0) is 42.5 Å². The summed E-state index contributed by atoms with van der Waals surface area (Å²) in [5.41, 5.74) is -0.326. The first-order chi connectivity index (χ1) is 16.0. The van der Waals surface area contributed by atoms with Crippen LogP contribution in [-0.4, -0.2) is 21.6 Å². The number of hydrogen-bond donors (Lipinski definition) is 1. The maximum absolute atomic E-state index is 13.2. The summed E-state index contributed by atoms with van der Waals surface area (Å²) in [7, 11) is 0. The zero-order valence-corrected chi connectivity index (χ0v) is 16.9. The number of aromatic nitrogens is 2. The van der Waals surface area contributed by atoms with Crippen LogP contribution in [-0.2, 0) is 6.18 Å². The molecule has 2 heterocycles. The largest absolute Gasteiger partial charge is 0.573 e. The monoisotopic (exact) mass is 480 g/mol. The lowest BCUT2D eigenvalue weighted by Crippen LogP contribution is -2.16. The van der Waals surface area contributed by atoms with Crippen LogP contribution in [0.1, 0.15) is 22.8 Å². The van der Waals surface area contributed by atoms with Crippen molar-refractivity contribution in [2.45, 2.75) is 18.6 Å². The van der Waals surface area contributed by atoms with Crippen molar-refractivity contribution in [2.75, 3.05) is 0 Å². The molecule has 5 nitrogen and oxygen atoms in total. The van der Waals surface area contributed by atoms with Crippen molar-refractivity contribution in [1.29, 1.82) is 0 Å². The molecule has 0 fully saturated rings. The Morgan fingerprint density at radius 3 is 2.24 bits per heavy atom. The van der Waals surface area contributed by atoms with E-state index < -0.39 is 30.0 Å². The Morgan fingerprint density at radius 2 is 1.62 bits per heavy atom. The highest BCUT2D eigenvalue weighted by Crippen LogP contribution is 2.41. The highest BCUT2D eigenvalue weighted by molar-refractivity contribution is 5.74. The molecule has 1 N–H and O–H groups in total. The first-order valence-electron chi connectivity index (χ1n) is 9.64. The first-order valence-corrected chi connectivity index (χ1v) is 9.64. The molecule has 0 saturated carbocycles. The van der Waals surface area contributed by atoms with Crippen molar-refractivity contribution in [2.24, 2.45) is 0 Å². The molecule has 2 aromatic heterocycles. The molecular weight excluding hydrogens is 466 g/mol. The van der Waals surface area contributed by atoms with Gasteiger partial charge >= 0.3 is 12.5 Å². The molecule has 34 heavy (non-hydrogen) atoms. The number of ether oxygens (including phenoxy) is 1. The predicted octanol–water partition coefficient (Wildman–Crippen LogP) is 6.40. The van der Waals surface area contributed by atoms with Crippen molar-refractivity contribution < 1.29 is 40.7 Å². The van der Waals surface area contributed by atoms with Crippen LogP contribution in [0.25, 0.3) is 22.6 Å². The van der Waals surface area contributed by atoms with E-state index in [0.717, 1.165) is 24.3 Å². The molecule has 11 heteroatoms. The Balaban J connectivity index is 1.83. The second-order valence-electron chi connectivity index (χ2n) is 7.11. The Kier molecular flexibility index (Phi) is 6.05. The number of halogens is 6. The number of aliphatic hydroxyl groups is 1. The SMILES string of the molecule is OC(c1cccnc1)c1c(-c2ccc(OC(F)(F)F)cc2)noc1-c1cccc(C(F)(F)F)c1. The maximum atomic E-state index is 13.2. The molecule has 176 valence electrons. The second kappa shape index (κ2) is 8.82. The van der Waals surface area contributed by atoms with Gasteiger partial charge in [-0.1, -0.05) is 23.4 Å². The predicted molar refractivity (Wildman–Crippen MR) is 107 cm³/mol. The summed E-state index contributed by atoms with van der Waals surface area (Å²) in [4.78, 5) is 3.93. The van der Waals surface area contributed by atoms with E-state index in [0.29, 0.717) is 5.56 Å². The molecule has 1 unspecified atom stereocenters. The molecule has 4 rings (SSSR count). The zero-order chi connectivity index (χ0) is 24.5. The molecule has 0 aliphatic carbocycles. The third-order valence-electron chi connectivity index (χ3n) is 4.81. The van der Waals surface area contributed by atoms with E-state index in [1.807, 2.05) is 0 Å². The van der Waals surface area contributed by atoms with Gasteiger partial charge in [0.2, 0.25) is 0 Å². The summed E-state index contributed by atoms with van der Waals surface area (Å²) in [6, 6.07) is 12.0. The third kappa shape index (κ3) is 5.04. The van der Waals surface area contributed by atoms with Crippen molar-refractivity contribution >= 4 is 0 Å². The quantitative estimate of drug-likeness (QED) is 0.335. The second-order valence-corrected chi connectivity index (χ2v) is 7.11. The van der Waals surface area contributed by atoms with E-state index >= 15 is 0 Å². The third-order valence-corrected chi connectivity index (χ3v) is 4.81. The van der Waals surface area contributed by atoms with Crippen LogP contribution >= 0.6 is 0 Å². The lowest BCUT2D eigenvalue weighted by atomic mass is 9.94. The van der Waals surface area contributed by atoms with Crippen molar-refractivity contribution in [3.8, 4) is 28.3 Å². The van der Waals surface area contributed by atoms with E-state index in [9.17, 15) is 31.4 Å². The highest BCUT2D eigenvalue weighted by Gasteiger charge is 2.33. The van der Waals surface area contributed by atoms with Crippen LogP contribution in [0, 0.1) is 0 Å². The number of aliphatic hydroxyl groups excluding tert-OH is 1. The van der Waals surface area contributed by atoms with Crippen LogP contribution in [0.15, 0.2) is 77.6 Å². The Hall–Kier alpha value is -3.86. The fraction of sp³-hybridized carbons (Fsp3) is 0.130. The summed E-state index contributed by atoms with van der Waals surface area (Å²) in [6.07, 6.45) is -8.08. The molecule has 0 spiro atoms. The van der Waals surface area contributed by atoms with Crippen LogP contribution in [0.5, 0.6) is 5.75 Å². The van der Waals surface area contributed by atoms with Gasteiger partial charge in [0.1, 0.15) is 17.5 Å². The smallest absolute Gasteiger partial charge is 0.406 e. The highest BCUT2D eigenvalue weighted by atomic mass is 19.4. The van der Waals surface area contributed by atoms with Gasteiger partial charge in [-0.25, -0.2) is 0 Å². The van der Waals surface area contributed by atoms with E-state index in [2.05, 4.69) is 14.9 Å². The molecule has 0 bridgehead atoms. The standard InChI is InChI=1S/C23H14F6N2O3/c24-22(25,26)16-5-1-3-14(11-16)21-18(20(32)15-4-2-10-30-12-15)19(31-34-21)13-6-8-17(9-7-13)33-23(27,28)29/h1-12,20,32H. The van der Waals surface area contributed by atoms with E-state index in [4.69, 9.17) is 4.52 Å². The summed E-state index contributed by atoms with van der Waals surface area (Å²) in [5.74, 6) is -0.611. The normalized spacial score (nSPS) is 13.0. The number of hydrogen-bond acceptors (Lipinski definition) is 5. The molecule has 0 aliphatic rings. The molecule has 1 atom stereocenters. The number of alkyl halides is 6. The van der Waals surface area contributed by atoms with Gasteiger partial charge in [0.05, 0.1) is 11.1 Å². The van der Waals surface area contributed by atoms with Gasteiger partial charge in [-0.2, -0.15) is 13.2 Å². The number of rotatable bonds is 5. The van der Waals surface area contributed by atoms with Crippen LogP contribution in [0.4, 0.5) is 26.3 Å². The minimum Gasteiger partial charge on any atom is -0.406 e. The van der Waals surface area contributed by atoms with E-state index in [-0.39, 0.29) is 28.1 Å². The molecule has 2 aromatic carbocycles. The van der Waals surface area contributed by atoms with Gasteiger partial charge in [-0.3, -0.25) is 4.98 Å². The summed E-state index contributed by atoms with van der Waals surface area (Å²) in [5, 5.41) is 15.0. The molecule has 4 aromatic rings. The molecular formula is C23H14F6N2O3. The number of pyridine rings is 1. The van der Waals surface area contributed by atoms with Crippen molar-refractivity contribution in [1.82, 2.24) is 10.1 Å². The molecule has 0 radical (unpaired) electrons.